The third-order valence-electron chi connectivity index (χ3n) is 2.35. The number of rotatable bonds is 2. The van der Waals surface area contributed by atoms with E-state index in [1.807, 2.05) is 20.8 Å². The van der Waals surface area contributed by atoms with Gasteiger partial charge >= 0.3 is 0 Å². The minimum absolute atomic E-state index is 0.0121. The zero-order valence-electron chi connectivity index (χ0n) is 9.53. The van der Waals surface area contributed by atoms with E-state index in [0.29, 0.717) is 5.92 Å². The van der Waals surface area contributed by atoms with Crippen LogP contribution < -0.4 is 5.56 Å². The minimum atomic E-state index is -0.0121. The molecule has 0 bridgehead atoms. The summed E-state index contributed by atoms with van der Waals surface area (Å²) in [5.74, 6) is 0.362. The molecular formula is C11H18N2O. The summed E-state index contributed by atoms with van der Waals surface area (Å²) in [6, 6.07) is 0.197. The standard InChI is InChI=1S/C11H18N2O/c1-7(2)11-9(5)13(8(3)4)10(14)6-12-11/h6-8H,1-5H3. The van der Waals surface area contributed by atoms with Gasteiger partial charge in [-0.25, -0.2) is 0 Å². The van der Waals surface area contributed by atoms with Crippen molar-refractivity contribution in [3.05, 3.63) is 27.9 Å². The van der Waals surface area contributed by atoms with Gasteiger partial charge in [0.1, 0.15) is 0 Å². The Morgan fingerprint density at radius 3 is 2.29 bits per heavy atom. The SMILES string of the molecule is Cc1c(C(C)C)ncc(=O)n1C(C)C. The first kappa shape index (κ1) is 11.0. The minimum Gasteiger partial charge on any atom is -0.307 e. The van der Waals surface area contributed by atoms with E-state index in [4.69, 9.17) is 0 Å². The zero-order valence-corrected chi connectivity index (χ0v) is 9.53. The lowest BCUT2D eigenvalue weighted by molar-refractivity contribution is 0.546. The third-order valence-corrected chi connectivity index (χ3v) is 2.35. The maximum atomic E-state index is 11.6. The summed E-state index contributed by atoms with van der Waals surface area (Å²) in [5.41, 5.74) is 1.99. The number of nitrogens with zero attached hydrogens (tertiary/aromatic N) is 2. The number of hydrogen-bond acceptors (Lipinski definition) is 2. The van der Waals surface area contributed by atoms with Crippen molar-refractivity contribution in [2.75, 3.05) is 0 Å². The van der Waals surface area contributed by atoms with E-state index in [-0.39, 0.29) is 11.6 Å². The van der Waals surface area contributed by atoms with Gasteiger partial charge in [-0.15, -0.1) is 0 Å². The molecule has 0 aliphatic rings. The van der Waals surface area contributed by atoms with Crippen LogP contribution in [0.4, 0.5) is 0 Å². The van der Waals surface area contributed by atoms with Gasteiger partial charge in [0.05, 0.1) is 11.9 Å². The molecule has 78 valence electrons. The van der Waals surface area contributed by atoms with Crippen molar-refractivity contribution in [2.45, 2.75) is 46.6 Å². The monoisotopic (exact) mass is 194 g/mol. The van der Waals surface area contributed by atoms with Crippen LogP contribution >= 0.6 is 0 Å². The molecule has 1 aromatic heterocycles. The molecule has 3 nitrogen and oxygen atoms in total. The van der Waals surface area contributed by atoms with Crippen LogP contribution in [0.2, 0.25) is 0 Å². The van der Waals surface area contributed by atoms with Crippen LogP contribution in [0.25, 0.3) is 0 Å². The van der Waals surface area contributed by atoms with Crippen LogP contribution in [0.15, 0.2) is 11.0 Å². The molecule has 0 spiro atoms. The normalized spacial score (nSPS) is 11.4. The first-order valence-corrected chi connectivity index (χ1v) is 5.03. The molecule has 1 rings (SSSR count). The van der Waals surface area contributed by atoms with Gasteiger partial charge in [-0.05, 0) is 26.7 Å². The van der Waals surface area contributed by atoms with Gasteiger partial charge in [-0.3, -0.25) is 9.78 Å². The smallest absolute Gasteiger partial charge is 0.269 e. The van der Waals surface area contributed by atoms with Gasteiger partial charge in [-0.2, -0.15) is 0 Å². The Labute approximate surface area is 84.8 Å². The molecule has 0 aliphatic heterocycles. The molecule has 0 N–H and O–H groups in total. The molecule has 0 aliphatic carbocycles. The van der Waals surface area contributed by atoms with Gasteiger partial charge in [0.15, 0.2) is 0 Å². The van der Waals surface area contributed by atoms with Crippen molar-refractivity contribution in [2.24, 2.45) is 0 Å². The van der Waals surface area contributed by atoms with E-state index in [2.05, 4.69) is 18.8 Å². The topological polar surface area (TPSA) is 34.9 Å². The molecule has 1 heterocycles. The summed E-state index contributed by atoms with van der Waals surface area (Å²) < 4.78 is 1.79. The van der Waals surface area contributed by atoms with Gasteiger partial charge in [0.2, 0.25) is 0 Å². The van der Waals surface area contributed by atoms with E-state index in [9.17, 15) is 4.79 Å². The first-order chi connectivity index (χ1) is 6.45. The van der Waals surface area contributed by atoms with Crippen molar-refractivity contribution >= 4 is 0 Å². The Balaban J connectivity index is 3.41. The number of aromatic nitrogens is 2. The van der Waals surface area contributed by atoms with Crippen molar-refractivity contribution in [1.29, 1.82) is 0 Å². The fourth-order valence-corrected chi connectivity index (χ4v) is 1.78. The van der Waals surface area contributed by atoms with E-state index < -0.39 is 0 Å². The van der Waals surface area contributed by atoms with Gasteiger partial charge in [-0.1, -0.05) is 13.8 Å². The Morgan fingerprint density at radius 1 is 1.29 bits per heavy atom. The fraction of sp³-hybridized carbons (Fsp3) is 0.636. The van der Waals surface area contributed by atoms with E-state index in [1.54, 1.807) is 4.57 Å². The summed E-state index contributed by atoms with van der Waals surface area (Å²) in [5, 5.41) is 0. The van der Waals surface area contributed by atoms with Crippen LogP contribution in [-0.4, -0.2) is 9.55 Å². The highest BCUT2D eigenvalue weighted by molar-refractivity contribution is 5.14. The molecule has 0 amide bonds. The maximum absolute atomic E-state index is 11.6. The van der Waals surface area contributed by atoms with Gasteiger partial charge in [0.25, 0.3) is 5.56 Å². The van der Waals surface area contributed by atoms with Crippen molar-refractivity contribution in [1.82, 2.24) is 9.55 Å². The van der Waals surface area contributed by atoms with E-state index in [1.165, 1.54) is 6.20 Å². The highest BCUT2D eigenvalue weighted by atomic mass is 16.1. The molecule has 3 heteroatoms. The highest BCUT2D eigenvalue weighted by Gasteiger charge is 2.11. The summed E-state index contributed by atoms with van der Waals surface area (Å²) in [6.45, 7) is 10.2. The average Bonchev–Trinajstić information content (AvgIpc) is 2.02. The second-order valence-corrected chi connectivity index (χ2v) is 4.19. The Kier molecular flexibility index (Phi) is 3.09. The second kappa shape index (κ2) is 3.95. The van der Waals surface area contributed by atoms with Crippen molar-refractivity contribution in [3.8, 4) is 0 Å². The molecule has 0 unspecified atom stereocenters. The zero-order chi connectivity index (χ0) is 10.9. The Bertz CT molecular complexity index is 377. The molecule has 0 atom stereocenters. The van der Waals surface area contributed by atoms with Gasteiger partial charge in [0, 0.05) is 11.7 Å². The third kappa shape index (κ3) is 1.86. The molecule has 0 saturated heterocycles. The lowest BCUT2D eigenvalue weighted by Gasteiger charge is -2.17. The molecule has 0 aromatic carbocycles. The summed E-state index contributed by atoms with van der Waals surface area (Å²) in [6.07, 6.45) is 1.42. The molecular weight excluding hydrogens is 176 g/mol. The second-order valence-electron chi connectivity index (χ2n) is 4.19. The summed E-state index contributed by atoms with van der Waals surface area (Å²) in [4.78, 5) is 15.7. The predicted octanol–water partition coefficient (Wildman–Crippen LogP) is 2.26. The molecule has 0 radical (unpaired) electrons. The number of hydrogen-bond donors (Lipinski definition) is 0. The molecule has 1 aromatic rings. The average molecular weight is 194 g/mol. The van der Waals surface area contributed by atoms with Crippen LogP contribution in [0, 0.1) is 6.92 Å². The lowest BCUT2D eigenvalue weighted by Crippen LogP contribution is -2.26. The highest BCUT2D eigenvalue weighted by Crippen LogP contribution is 2.16. The first-order valence-electron chi connectivity index (χ1n) is 5.03. The van der Waals surface area contributed by atoms with E-state index in [0.717, 1.165) is 11.4 Å². The van der Waals surface area contributed by atoms with E-state index >= 15 is 0 Å². The fourth-order valence-electron chi connectivity index (χ4n) is 1.78. The summed E-state index contributed by atoms with van der Waals surface area (Å²) >= 11 is 0. The van der Waals surface area contributed by atoms with Crippen LogP contribution in [0.5, 0.6) is 0 Å². The summed E-state index contributed by atoms with van der Waals surface area (Å²) in [7, 11) is 0. The largest absolute Gasteiger partial charge is 0.307 e. The van der Waals surface area contributed by atoms with Crippen LogP contribution in [0.1, 0.15) is 51.0 Å². The Hall–Kier alpha value is -1.12. The Morgan fingerprint density at radius 2 is 1.86 bits per heavy atom. The quantitative estimate of drug-likeness (QED) is 0.723. The predicted molar refractivity (Wildman–Crippen MR) is 57.7 cm³/mol. The molecule has 0 saturated carbocycles. The van der Waals surface area contributed by atoms with Crippen LogP contribution in [0.3, 0.4) is 0 Å². The van der Waals surface area contributed by atoms with Crippen molar-refractivity contribution in [3.63, 3.8) is 0 Å². The molecule has 14 heavy (non-hydrogen) atoms. The maximum Gasteiger partial charge on any atom is 0.269 e. The van der Waals surface area contributed by atoms with Crippen molar-refractivity contribution < 1.29 is 0 Å². The van der Waals surface area contributed by atoms with Crippen LogP contribution in [-0.2, 0) is 0 Å². The van der Waals surface area contributed by atoms with Gasteiger partial charge < -0.3 is 4.57 Å². The molecule has 0 fully saturated rings. The lowest BCUT2D eigenvalue weighted by atomic mass is 10.1.